The maximum atomic E-state index is 12.4. The van der Waals surface area contributed by atoms with Crippen LogP contribution >= 0.6 is 0 Å². The summed E-state index contributed by atoms with van der Waals surface area (Å²) >= 11 is 0. The second-order valence-electron chi connectivity index (χ2n) is 6.71. The molecular formula is C19H28N2O4S. The molecule has 0 spiro atoms. The van der Waals surface area contributed by atoms with Crippen molar-refractivity contribution in [2.75, 3.05) is 26.5 Å². The minimum Gasteiger partial charge on any atom is -0.394 e. The summed E-state index contributed by atoms with van der Waals surface area (Å²) in [6, 6.07) is 7.35. The predicted molar refractivity (Wildman–Crippen MR) is 103 cm³/mol. The summed E-state index contributed by atoms with van der Waals surface area (Å²) in [5.41, 5.74) is 2.08. The van der Waals surface area contributed by atoms with Crippen molar-refractivity contribution in [3.63, 3.8) is 0 Å². The van der Waals surface area contributed by atoms with Crippen LogP contribution in [0.15, 0.2) is 30.3 Å². The van der Waals surface area contributed by atoms with Gasteiger partial charge in [0.25, 0.3) is 0 Å². The van der Waals surface area contributed by atoms with Gasteiger partial charge in [0.1, 0.15) is 0 Å². The molecular weight excluding hydrogens is 352 g/mol. The predicted octanol–water partition coefficient (Wildman–Crippen LogP) is 1.68. The summed E-state index contributed by atoms with van der Waals surface area (Å²) in [5, 5.41) is 9.85. The van der Waals surface area contributed by atoms with Crippen molar-refractivity contribution in [1.29, 1.82) is 0 Å². The normalized spacial score (nSPS) is 23.5. The molecule has 1 saturated heterocycles. The molecule has 0 bridgehead atoms. The average Bonchev–Trinajstić information content (AvgIpc) is 2.58. The van der Waals surface area contributed by atoms with Gasteiger partial charge in [-0.1, -0.05) is 43.3 Å². The molecule has 1 aromatic rings. The van der Waals surface area contributed by atoms with Crippen molar-refractivity contribution >= 4 is 22.0 Å². The highest BCUT2D eigenvalue weighted by atomic mass is 32.2. The molecule has 2 rings (SSSR count). The van der Waals surface area contributed by atoms with E-state index in [4.69, 9.17) is 0 Å². The molecule has 1 N–H and O–H groups in total. The van der Waals surface area contributed by atoms with Gasteiger partial charge >= 0.3 is 0 Å². The summed E-state index contributed by atoms with van der Waals surface area (Å²) in [7, 11) is -1.83. The minimum atomic E-state index is -3.35. The van der Waals surface area contributed by atoms with Crippen molar-refractivity contribution < 1.29 is 18.3 Å². The quantitative estimate of drug-likeness (QED) is 0.781. The third-order valence-corrected chi connectivity index (χ3v) is 6.29. The number of likely N-dealkylation sites (N-methyl/N-ethyl adjacent to an activating group) is 1. The monoisotopic (exact) mass is 380 g/mol. The van der Waals surface area contributed by atoms with Crippen LogP contribution in [-0.2, 0) is 14.8 Å². The molecule has 26 heavy (non-hydrogen) atoms. The smallest absolute Gasteiger partial charge is 0.222 e. The first-order valence-electron chi connectivity index (χ1n) is 8.80. The number of hydrogen-bond acceptors (Lipinski definition) is 4. The summed E-state index contributed by atoms with van der Waals surface area (Å²) in [6.07, 6.45) is 5.43. The van der Waals surface area contributed by atoms with Crippen LogP contribution in [0, 0.1) is 0 Å². The lowest BCUT2D eigenvalue weighted by Gasteiger charge is -2.55. The van der Waals surface area contributed by atoms with Crippen molar-refractivity contribution in [1.82, 2.24) is 9.21 Å². The van der Waals surface area contributed by atoms with Crippen LogP contribution in [0.3, 0.4) is 0 Å². The number of carbonyl (C=O) groups is 1. The van der Waals surface area contributed by atoms with Gasteiger partial charge in [-0.25, -0.2) is 12.7 Å². The number of rotatable bonds is 7. The van der Waals surface area contributed by atoms with Crippen LogP contribution in [0.5, 0.6) is 0 Å². The van der Waals surface area contributed by atoms with Crippen molar-refractivity contribution in [3.8, 4) is 0 Å². The lowest BCUT2D eigenvalue weighted by Crippen LogP contribution is -2.68. The molecule has 6 nitrogen and oxygen atoms in total. The van der Waals surface area contributed by atoms with E-state index in [9.17, 15) is 18.3 Å². The Morgan fingerprint density at radius 1 is 1.27 bits per heavy atom. The average molecular weight is 381 g/mol. The molecule has 0 aliphatic carbocycles. The summed E-state index contributed by atoms with van der Waals surface area (Å²) < 4.78 is 24.9. The number of likely N-dealkylation sites (tertiary alicyclic amines) is 1. The molecule has 7 heteroatoms. The van der Waals surface area contributed by atoms with Gasteiger partial charge in [0.2, 0.25) is 15.9 Å². The first kappa shape index (κ1) is 20.6. The van der Waals surface area contributed by atoms with E-state index < -0.39 is 10.0 Å². The second kappa shape index (κ2) is 8.33. The van der Waals surface area contributed by atoms with Gasteiger partial charge in [-0.15, -0.1) is 0 Å². The molecule has 3 atom stereocenters. The first-order chi connectivity index (χ1) is 12.2. The Kier molecular flexibility index (Phi) is 6.60. The maximum Gasteiger partial charge on any atom is 0.222 e. The van der Waals surface area contributed by atoms with E-state index in [0.29, 0.717) is 6.42 Å². The lowest BCUT2D eigenvalue weighted by molar-refractivity contribution is -0.150. The zero-order valence-corrected chi connectivity index (χ0v) is 16.6. The standard InChI is InChI=1S/C19H28N2O4S/c1-5-7-14-8-10-15(11-9-14)19-16(12-20(3)26(4,24)25)21(17(19)13-22)18(23)6-2/h5,7-11,16-17,19,22H,6,12-13H2,1-4H3/b7-5+/t16-,17-,19+/m1/s1. The Balaban J connectivity index is 2.34. The van der Waals surface area contributed by atoms with Crippen LogP contribution in [-0.4, -0.2) is 67.2 Å². The fraction of sp³-hybridized carbons (Fsp3) is 0.526. The third-order valence-electron chi connectivity index (χ3n) is 5.01. The Bertz CT molecular complexity index is 758. The minimum absolute atomic E-state index is 0.0715. The lowest BCUT2D eigenvalue weighted by atomic mass is 9.74. The number of carbonyl (C=O) groups excluding carboxylic acids is 1. The zero-order valence-electron chi connectivity index (χ0n) is 15.8. The number of hydrogen-bond donors (Lipinski definition) is 1. The molecule has 1 heterocycles. The molecule has 1 aliphatic heterocycles. The van der Waals surface area contributed by atoms with Crippen LogP contribution in [0.1, 0.15) is 37.3 Å². The molecule has 1 aromatic carbocycles. The number of benzene rings is 1. The first-order valence-corrected chi connectivity index (χ1v) is 10.6. The number of nitrogens with zero attached hydrogens (tertiary/aromatic N) is 2. The van der Waals surface area contributed by atoms with Gasteiger partial charge in [-0.2, -0.15) is 0 Å². The van der Waals surface area contributed by atoms with Gasteiger partial charge in [-0.3, -0.25) is 4.79 Å². The highest BCUT2D eigenvalue weighted by molar-refractivity contribution is 7.88. The highest BCUT2D eigenvalue weighted by Crippen LogP contribution is 2.41. The number of sulfonamides is 1. The molecule has 1 aliphatic rings. The molecule has 144 valence electrons. The van der Waals surface area contributed by atoms with E-state index in [1.165, 1.54) is 11.4 Å². The van der Waals surface area contributed by atoms with Gasteiger partial charge in [0.05, 0.1) is 24.9 Å². The largest absolute Gasteiger partial charge is 0.394 e. The molecule has 1 fully saturated rings. The van der Waals surface area contributed by atoms with E-state index in [-0.39, 0.29) is 37.1 Å². The summed E-state index contributed by atoms with van der Waals surface area (Å²) in [6.45, 7) is 3.79. The fourth-order valence-electron chi connectivity index (χ4n) is 3.57. The van der Waals surface area contributed by atoms with E-state index in [1.54, 1.807) is 11.8 Å². The van der Waals surface area contributed by atoms with Crippen LogP contribution in [0.4, 0.5) is 0 Å². The van der Waals surface area contributed by atoms with Crippen LogP contribution in [0.2, 0.25) is 0 Å². The van der Waals surface area contributed by atoms with Crippen LogP contribution in [0.25, 0.3) is 6.08 Å². The highest BCUT2D eigenvalue weighted by Gasteiger charge is 2.51. The maximum absolute atomic E-state index is 12.4. The van der Waals surface area contributed by atoms with Gasteiger partial charge in [-0.05, 0) is 18.1 Å². The van der Waals surface area contributed by atoms with E-state index in [2.05, 4.69) is 0 Å². The fourth-order valence-corrected chi connectivity index (χ4v) is 3.99. The second-order valence-corrected chi connectivity index (χ2v) is 8.80. The van der Waals surface area contributed by atoms with Crippen molar-refractivity contribution in [2.45, 2.75) is 38.3 Å². The SMILES string of the molecule is C/C=C/c1ccc([C@@H]2[C@@H](CO)N(C(=O)CC)[C@@H]2CN(C)S(C)(=O)=O)cc1. The van der Waals surface area contributed by atoms with Crippen molar-refractivity contribution in [2.24, 2.45) is 0 Å². The number of amides is 1. The van der Waals surface area contributed by atoms with Gasteiger partial charge in [0.15, 0.2) is 0 Å². The molecule has 0 aromatic heterocycles. The topological polar surface area (TPSA) is 77.9 Å². The van der Waals surface area contributed by atoms with Gasteiger partial charge in [0, 0.05) is 25.9 Å². The number of aliphatic hydroxyl groups excluding tert-OH is 1. The van der Waals surface area contributed by atoms with Crippen molar-refractivity contribution in [3.05, 3.63) is 41.5 Å². The Labute approximate surface area is 156 Å². The van der Waals surface area contributed by atoms with Gasteiger partial charge < -0.3 is 10.0 Å². The van der Waals surface area contributed by atoms with Crippen LogP contribution < -0.4 is 0 Å². The molecule has 0 saturated carbocycles. The van der Waals surface area contributed by atoms with E-state index in [0.717, 1.165) is 17.4 Å². The zero-order chi connectivity index (χ0) is 19.5. The Hall–Kier alpha value is -1.70. The summed E-state index contributed by atoms with van der Waals surface area (Å²) in [5.74, 6) is -0.169. The number of aliphatic hydroxyl groups is 1. The van der Waals surface area contributed by atoms with E-state index >= 15 is 0 Å². The number of allylic oxidation sites excluding steroid dienone is 1. The summed E-state index contributed by atoms with van der Waals surface area (Å²) in [4.78, 5) is 14.0. The molecule has 1 amide bonds. The van der Waals surface area contributed by atoms with E-state index in [1.807, 2.05) is 43.3 Å². The molecule has 0 radical (unpaired) electrons. The third kappa shape index (κ3) is 4.16. The Morgan fingerprint density at radius 3 is 2.35 bits per heavy atom. The molecule has 0 unspecified atom stereocenters. The Morgan fingerprint density at radius 2 is 1.88 bits per heavy atom.